The van der Waals surface area contributed by atoms with Gasteiger partial charge in [0, 0.05) is 24.8 Å². The molecule has 0 saturated heterocycles. The number of nitrogens with zero attached hydrogens (tertiary/aromatic N) is 1. The SMILES string of the molecule is CC(N)c1ccc(N(C)C2CCC2)cc1. The van der Waals surface area contributed by atoms with Crippen LogP contribution in [0.5, 0.6) is 0 Å². The minimum Gasteiger partial charge on any atom is -0.372 e. The third kappa shape index (κ3) is 2.15. The third-order valence-electron chi connectivity index (χ3n) is 3.45. The Hall–Kier alpha value is -1.02. The van der Waals surface area contributed by atoms with E-state index in [1.165, 1.54) is 30.5 Å². The van der Waals surface area contributed by atoms with Crippen molar-refractivity contribution in [2.75, 3.05) is 11.9 Å². The Labute approximate surface area is 92.1 Å². The van der Waals surface area contributed by atoms with Crippen LogP contribution in [0.15, 0.2) is 24.3 Å². The fraction of sp³-hybridized carbons (Fsp3) is 0.538. The molecule has 0 aliphatic heterocycles. The molecule has 1 aliphatic carbocycles. The molecule has 1 atom stereocenters. The zero-order chi connectivity index (χ0) is 10.8. The lowest BCUT2D eigenvalue weighted by Crippen LogP contribution is -2.37. The van der Waals surface area contributed by atoms with E-state index in [1.54, 1.807) is 0 Å². The molecule has 0 heterocycles. The van der Waals surface area contributed by atoms with E-state index in [0.29, 0.717) is 0 Å². The van der Waals surface area contributed by atoms with Crippen molar-refractivity contribution >= 4 is 5.69 Å². The first-order chi connectivity index (χ1) is 7.18. The van der Waals surface area contributed by atoms with Crippen molar-refractivity contribution in [3.05, 3.63) is 29.8 Å². The lowest BCUT2D eigenvalue weighted by molar-refractivity contribution is 0.401. The van der Waals surface area contributed by atoms with E-state index in [9.17, 15) is 0 Å². The number of hydrogen-bond acceptors (Lipinski definition) is 2. The van der Waals surface area contributed by atoms with Crippen LogP contribution < -0.4 is 10.6 Å². The van der Waals surface area contributed by atoms with Crippen molar-refractivity contribution < 1.29 is 0 Å². The number of anilines is 1. The van der Waals surface area contributed by atoms with E-state index in [1.807, 2.05) is 6.92 Å². The number of hydrogen-bond donors (Lipinski definition) is 1. The topological polar surface area (TPSA) is 29.3 Å². The van der Waals surface area contributed by atoms with E-state index in [0.717, 1.165) is 6.04 Å². The highest BCUT2D eigenvalue weighted by Crippen LogP contribution is 2.28. The van der Waals surface area contributed by atoms with Gasteiger partial charge in [0.1, 0.15) is 0 Å². The van der Waals surface area contributed by atoms with Crippen LogP contribution in [0, 0.1) is 0 Å². The second-order valence-electron chi connectivity index (χ2n) is 4.58. The van der Waals surface area contributed by atoms with Gasteiger partial charge in [-0.2, -0.15) is 0 Å². The minimum atomic E-state index is 0.132. The van der Waals surface area contributed by atoms with E-state index >= 15 is 0 Å². The summed E-state index contributed by atoms with van der Waals surface area (Å²) in [5.74, 6) is 0. The largest absolute Gasteiger partial charge is 0.372 e. The van der Waals surface area contributed by atoms with Crippen LogP contribution in [0.3, 0.4) is 0 Å². The summed E-state index contributed by atoms with van der Waals surface area (Å²) in [6.45, 7) is 2.02. The second-order valence-corrected chi connectivity index (χ2v) is 4.58. The second kappa shape index (κ2) is 4.23. The van der Waals surface area contributed by atoms with Crippen molar-refractivity contribution in [1.82, 2.24) is 0 Å². The highest BCUT2D eigenvalue weighted by Gasteiger charge is 2.21. The molecule has 15 heavy (non-hydrogen) atoms. The first kappa shape index (κ1) is 10.5. The van der Waals surface area contributed by atoms with Gasteiger partial charge in [0.15, 0.2) is 0 Å². The van der Waals surface area contributed by atoms with Crippen molar-refractivity contribution in [1.29, 1.82) is 0 Å². The van der Waals surface area contributed by atoms with Gasteiger partial charge >= 0.3 is 0 Å². The maximum Gasteiger partial charge on any atom is 0.0366 e. The monoisotopic (exact) mass is 204 g/mol. The molecule has 2 rings (SSSR count). The van der Waals surface area contributed by atoms with Gasteiger partial charge < -0.3 is 10.6 Å². The van der Waals surface area contributed by atoms with Gasteiger partial charge in [-0.15, -0.1) is 0 Å². The minimum absolute atomic E-state index is 0.132. The number of benzene rings is 1. The summed E-state index contributed by atoms with van der Waals surface area (Å²) in [7, 11) is 2.19. The Morgan fingerprint density at radius 1 is 1.27 bits per heavy atom. The molecular formula is C13H20N2. The van der Waals surface area contributed by atoms with Crippen LogP contribution in [0.1, 0.15) is 37.8 Å². The van der Waals surface area contributed by atoms with Crippen LogP contribution in [-0.2, 0) is 0 Å². The standard InChI is InChI=1S/C13H20N2/c1-10(14)11-6-8-13(9-7-11)15(2)12-4-3-5-12/h6-10,12H,3-5,14H2,1-2H3. The molecule has 1 unspecified atom stereocenters. The van der Waals surface area contributed by atoms with Crippen LogP contribution in [0.25, 0.3) is 0 Å². The lowest BCUT2D eigenvalue weighted by Gasteiger charge is -2.36. The van der Waals surface area contributed by atoms with Crippen LogP contribution in [0.4, 0.5) is 5.69 Å². The molecule has 1 aromatic carbocycles. The maximum atomic E-state index is 5.82. The number of rotatable bonds is 3. The quantitative estimate of drug-likeness (QED) is 0.820. The van der Waals surface area contributed by atoms with Crippen molar-refractivity contribution in [2.24, 2.45) is 5.73 Å². The molecule has 1 aliphatic rings. The average Bonchev–Trinajstić information content (AvgIpc) is 2.15. The van der Waals surface area contributed by atoms with Crippen molar-refractivity contribution in [3.63, 3.8) is 0 Å². The van der Waals surface area contributed by atoms with E-state index in [2.05, 4.69) is 36.2 Å². The van der Waals surface area contributed by atoms with Gasteiger partial charge in [0.25, 0.3) is 0 Å². The molecule has 1 aromatic rings. The van der Waals surface area contributed by atoms with Crippen LogP contribution in [0.2, 0.25) is 0 Å². The molecule has 0 amide bonds. The predicted octanol–water partition coefficient (Wildman–Crippen LogP) is 2.70. The average molecular weight is 204 g/mol. The van der Waals surface area contributed by atoms with Crippen LogP contribution in [-0.4, -0.2) is 13.1 Å². The molecule has 1 saturated carbocycles. The van der Waals surface area contributed by atoms with Gasteiger partial charge in [-0.1, -0.05) is 12.1 Å². The van der Waals surface area contributed by atoms with E-state index < -0.39 is 0 Å². The lowest BCUT2D eigenvalue weighted by atomic mass is 9.91. The van der Waals surface area contributed by atoms with Crippen molar-refractivity contribution in [2.45, 2.75) is 38.3 Å². The summed E-state index contributed by atoms with van der Waals surface area (Å²) in [6.07, 6.45) is 4.06. The van der Waals surface area contributed by atoms with E-state index in [-0.39, 0.29) is 6.04 Å². The Balaban J connectivity index is 2.08. The summed E-state index contributed by atoms with van der Waals surface area (Å²) in [5, 5.41) is 0. The molecule has 2 heteroatoms. The van der Waals surface area contributed by atoms with Gasteiger partial charge in [0.05, 0.1) is 0 Å². The fourth-order valence-corrected chi connectivity index (χ4v) is 2.00. The first-order valence-corrected chi connectivity index (χ1v) is 5.77. The molecule has 0 radical (unpaired) electrons. The summed E-state index contributed by atoms with van der Waals surface area (Å²) in [5.41, 5.74) is 8.34. The molecule has 0 aromatic heterocycles. The fourth-order valence-electron chi connectivity index (χ4n) is 2.00. The molecule has 2 N–H and O–H groups in total. The van der Waals surface area contributed by atoms with Crippen molar-refractivity contribution in [3.8, 4) is 0 Å². The highest BCUT2D eigenvalue weighted by molar-refractivity contribution is 5.48. The predicted molar refractivity (Wildman–Crippen MR) is 65.1 cm³/mol. The zero-order valence-electron chi connectivity index (χ0n) is 9.61. The van der Waals surface area contributed by atoms with E-state index in [4.69, 9.17) is 5.73 Å². The van der Waals surface area contributed by atoms with Crippen LogP contribution >= 0.6 is 0 Å². The van der Waals surface area contributed by atoms with Gasteiger partial charge in [0.2, 0.25) is 0 Å². The third-order valence-corrected chi connectivity index (χ3v) is 3.45. The van der Waals surface area contributed by atoms with Gasteiger partial charge in [-0.05, 0) is 43.9 Å². The summed E-state index contributed by atoms with van der Waals surface area (Å²) < 4.78 is 0. The smallest absolute Gasteiger partial charge is 0.0366 e. The molecule has 82 valence electrons. The summed E-state index contributed by atoms with van der Waals surface area (Å²) in [4.78, 5) is 2.38. The molecule has 2 nitrogen and oxygen atoms in total. The zero-order valence-corrected chi connectivity index (χ0v) is 9.61. The Morgan fingerprint density at radius 2 is 1.87 bits per heavy atom. The Bertz CT molecular complexity index is 312. The van der Waals surface area contributed by atoms with Gasteiger partial charge in [-0.25, -0.2) is 0 Å². The molecule has 1 fully saturated rings. The number of nitrogens with two attached hydrogens (primary N) is 1. The summed E-state index contributed by atoms with van der Waals surface area (Å²) >= 11 is 0. The highest BCUT2D eigenvalue weighted by atomic mass is 15.1. The molecule has 0 bridgehead atoms. The Kier molecular flexibility index (Phi) is 2.96. The van der Waals surface area contributed by atoms with Gasteiger partial charge in [-0.3, -0.25) is 0 Å². The maximum absolute atomic E-state index is 5.82. The molecular weight excluding hydrogens is 184 g/mol. The normalized spacial score (nSPS) is 18.3. The first-order valence-electron chi connectivity index (χ1n) is 5.77. The Morgan fingerprint density at radius 3 is 2.27 bits per heavy atom. The summed E-state index contributed by atoms with van der Waals surface area (Å²) in [6, 6.07) is 9.51. The molecule has 0 spiro atoms.